The fourth-order valence-electron chi connectivity index (χ4n) is 5.40. The second kappa shape index (κ2) is 10.2. The standard InChI is InChI=1S/C22H30N2O3.K/c25-21(24-19-11-5-4-10-17(19)14-20(24)22(26)27)18(15-23-12-6-7-13-23)16-8-2-1-3-9-16;/h1-3,8-9,17-20H,4-7,10-15H2,(H,26,27);/q;+1/p-1. The van der Waals surface area contributed by atoms with Gasteiger partial charge in [-0.25, -0.2) is 0 Å². The SMILES string of the molecule is O=C([O-])C1CC2CCCCC2N1C(=O)C(CN1CCCC1)c1ccccc1.[K+]. The number of rotatable bonds is 5. The molecule has 5 nitrogen and oxygen atoms in total. The van der Waals surface area contributed by atoms with Gasteiger partial charge in [0.25, 0.3) is 0 Å². The Labute approximate surface area is 210 Å². The third-order valence-corrected chi connectivity index (χ3v) is 6.75. The summed E-state index contributed by atoms with van der Waals surface area (Å²) in [6.45, 7) is 2.72. The zero-order valence-corrected chi connectivity index (χ0v) is 20.0. The molecule has 2 saturated heterocycles. The summed E-state index contributed by atoms with van der Waals surface area (Å²) < 4.78 is 0. The minimum Gasteiger partial charge on any atom is -0.548 e. The summed E-state index contributed by atoms with van der Waals surface area (Å²) in [4.78, 5) is 29.6. The van der Waals surface area contributed by atoms with Crippen molar-refractivity contribution in [3.05, 3.63) is 35.9 Å². The van der Waals surface area contributed by atoms with Crippen molar-refractivity contribution in [1.29, 1.82) is 0 Å². The van der Waals surface area contributed by atoms with Gasteiger partial charge in [0.05, 0.1) is 17.9 Å². The van der Waals surface area contributed by atoms with Crippen molar-refractivity contribution in [3.63, 3.8) is 0 Å². The second-order valence-electron chi connectivity index (χ2n) is 8.40. The summed E-state index contributed by atoms with van der Waals surface area (Å²) in [6, 6.07) is 9.18. The Balaban J connectivity index is 0.00000225. The van der Waals surface area contributed by atoms with Gasteiger partial charge < -0.3 is 19.7 Å². The topological polar surface area (TPSA) is 63.7 Å². The number of benzene rings is 1. The van der Waals surface area contributed by atoms with E-state index in [1.165, 1.54) is 12.8 Å². The maximum Gasteiger partial charge on any atom is 1.00 e. The molecule has 0 radical (unpaired) electrons. The van der Waals surface area contributed by atoms with Gasteiger partial charge in [0.15, 0.2) is 0 Å². The Morgan fingerprint density at radius 3 is 2.39 bits per heavy atom. The summed E-state index contributed by atoms with van der Waals surface area (Å²) in [6.07, 6.45) is 7.07. The van der Waals surface area contributed by atoms with Crippen LogP contribution < -0.4 is 56.5 Å². The number of nitrogens with zero attached hydrogens (tertiary/aromatic N) is 2. The van der Waals surface area contributed by atoms with E-state index in [0.717, 1.165) is 44.3 Å². The van der Waals surface area contributed by atoms with Crippen molar-refractivity contribution in [2.45, 2.75) is 62.9 Å². The van der Waals surface area contributed by atoms with Gasteiger partial charge in [-0.1, -0.05) is 43.2 Å². The van der Waals surface area contributed by atoms with Crippen LogP contribution in [0.25, 0.3) is 0 Å². The quantitative estimate of drug-likeness (QED) is 0.573. The fraction of sp³-hybridized carbons (Fsp3) is 0.636. The van der Waals surface area contributed by atoms with Crippen LogP contribution in [0.3, 0.4) is 0 Å². The van der Waals surface area contributed by atoms with E-state index < -0.39 is 12.0 Å². The molecule has 3 fully saturated rings. The molecule has 4 atom stereocenters. The monoisotopic (exact) mass is 408 g/mol. The van der Waals surface area contributed by atoms with Gasteiger partial charge in [0.2, 0.25) is 5.91 Å². The predicted octanol–water partition coefficient (Wildman–Crippen LogP) is -1.22. The molecule has 6 heteroatoms. The number of hydrogen-bond acceptors (Lipinski definition) is 4. The third-order valence-electron chi connectivity index (χ3n) is 6.75. The zero-order chi connectivity index (χ0) is 18.8. The minimum absolute atomic E-state index is 0. The van der Waals surface area contributed by atoms with Crippen molar-refractivity contribution in [2.24, 2.45) is 5.92 Å². The van der Waals surface area contributed by atoms with Crippen LogP contribution in [0.2, 0.25) is 0 Å². The molecule has 2 heterocycles. The molecule has 1 aromatic rings. The Morgan fingerprint density at radius 1 is 1.04 bits per heavy atom. The molecule has 0 bridgehead atoms. The maximum atomic E-state index is 13.7. The Bertz CT molecular complexity index is 678. The third kappa shape index (κ3) is 4.73. The summed E-state index contributed by atoms with van der Waals surface area (Å²) in [5.41, 5.74) is 0.991. The molecule has 4 unspecified atom stereocenters. The first-order chi connectivity index (χ1) is 13.1. The van der Waals surface area contributed by atoms with E-state index in [4.69, 9.17) is 0 Å². The van der Waals surface area contributed by atoms with Crippen LogP contribution in [0.1, 0.15) is 56.4 Å². The van der Waals surface area contributed by atoms with Crippen LogP contribution in [0.4, 0.5) is 0 Å². The van der Waals surface area contributed by atoms with Crippen LogP contribution in [0, 0.1) is 5.92 Å². The molecule has 2 aliphatic heterocycles. The fourth-order valence-corrected chi connectivity index (χ4v) is 5.40. The average Bonchev–Trinajstić information content (AvgIpc) is 3.34. The molecule has 28 heavy (non-hydrogen) atoms. The molecule has 146 valence electrons. The van der Waals surface area contributed by atoms with Crippen LogP contribution in [0.5, 0.6) is 0 Å². The predicted molar refractivity (Wildman–Crippen MR) is 101 cm³/mol. The molecule has 0 N–H and O–H groups in total. The number of amides is 1. The van der Waals surface area contributed by atoms with Crippen LogP contribution in [-0.2, 0) is 9.59 Å². The van der Waals surface area contributed by atoms with Crippen molar-refractivity contribution in [2.75, 3.05) is 19.6 Å². The van der Waals surface area contributed by atoms with E-state index >= 15 is 0 Å². The molecular formula is C22H29KN2O3. The van der Waals surface area contributed by atoms with Gasteiger partial charge in [-0.2, -0.15) is 0 Å². The van der Waals surface area contributed by atoms with Gasteiger partial charge in [-0.05, 0) is 56.7 Å². The van der Waals surface area contributed by atoms with Crippen molar-refractivity contribution in [3.8, 4) is 0 Å². The zero-order valence-electron chi connectivity index (χ0n) is 16.9. The first-order valence-corrected chi connectivity index (χ1v) is 10.5. The van der Waals surface area contributed by atoms with E-state index in [0.29, 0.717) is 18.9 Å². The largest absolute Gasteiger partial charge is 1.00 e. The van der Waals surface area contributed by atoms with Crippen LogP contribution in [0.15, 0.2) is 30.3 Å². The molecule has 0 spiro atoms. The normalized spacial score (nSPS) is 28.4. The van der Waals surface area contributed by atoms with Gasteiger partial charge in [0.1, 0.15) is 0 Å². The van der Waals surface area contributed by atoms with E-state index in [2.05, 4.69) is 4.90 Å². The molecule has 1 saturated carbocycles. The Kier molecular flexibility index (Phi) is 8.16. The molecule has 1 aromatic carbocycles. The van der Waals surface area contributed by atoms with Crippen LogP contribution >= 0.6 is 0 Å². The summed E-state index contributed by atoms with van der Waals surface area (Å²) >= 11 is 0. The number of aliphatic carboxylic acids is 1. The van der Waals surface area contributed by atoms with Crippen molar-refractivity contribution < 1.29 is 66.1 Å². The summed E-state index contributed by atoms with van der Waals surface area (Å²) in [5, 5.41) is 11.8. The number of likely N-dealkylation sites (tertiary alicyclic amines) is 2. The number of carbonyl (C=O) groups is 2. The van der Waals surface area contributed by atoms with E-state index in [1.54, 1.807) is 4.90 Å². The Morgan fingerprint density at radius 2 is 1.71 bits per heavy atom. The molecule has 1 aliphatic carbocycles. The summed E-state index contributed by atoms with van der Waals surface area (Å²) in [7, 11) is 0. The smallest absolute Gasteiger partial charge is 0.548 e. The van der Waals surface area contributed by atoms with Gasteiger partial charge in [-0.3, -0.25) is 4.79 Å². The van der Waals surface area contributed by atoms with E-state index in [1.807, 2.05) is 30.3 Å². The first-order valence-electron chi connectivity index (χ1n) is 10.5. The summed E-state index contributed by atoms with van der Waals surface area (Å²) in [5.74, 6) is -1.09. The van der Waals surface area contributed by atoms with Crippen molar-refractivity contribution in [1.82, 2.24) is 9.80 Å². The molecule has 0 aromatic heterocycles. The van der Waals surface area contributed by atoms with Gasteiger partial charge in [0, 0.05) is 12.6 Å². The second-order valence-corrected chi connectivity index (χ2v) is 8.40. The van der Waals surface area contributed by atoms with Gasteiger partial charge >= 0.3 is 51.4 Å². The molecule has 3 aliphatic rings. The Hall–Kier alpha value is -0.244. The van der Waals surface area contributed by atoms with Gasteiger partial charge in [-0.15, -0.1) is 0 Å². The maximum absolute atomic E-state index is 13.7. The first kappa shape index (κ1) is 22.4. The number of fused-ring (bicyclic) bond motifs is 1. The van der Waals surface area contributed by atoms with Crippen LogP contribution in [-0.4, -0.2) is 53.4 Å². The van der Waals surface area contributed by atoms with E-state index in [9.17, 15) is 14.7 Å². The minimum atomic E-state index is -1.09. The number of carboxylic acids is 1. The molecular weight excluding hydrogens is 379 g/mol. The van der Waals surface area contributed by atoms with Crippen molar-refractivity contribution >= 4 is 11.9 Å². The molecule has 1 amide bonds. The number of carboxylic acid groups (broad SMARTS) is 1. The number of carbonyl (C=O) groups excluding carboxylic acids is 2. The average molecular weight is 409 g/mol. The van der Waals surface area contributed by atoms with E-state index in [-0.39, 0.29) is 69.3 Å². The number of hydrogen-bond donors (Lipinski definition) is 0. The molecule has 4 rings (SSSR count).